The van der Waals surface area contributed by atoms with E-state index in [2.05, 4.69) is 6.92 Å². The van der Waals surface area contributed by atoms with Gasteiger partial charge in [0.05, 0.1) is 26.4 Å². The van der Waals surface area contributed by atoms with Crippen molar-refractivity contribution in [2.45, 2.75) is 180 Å². The number of carbonyl (C=O) groups excluding carboxylic acids is 9. The Bertz CT molecular complexity index is 1990. The minimum absolute atomic E-state index is 0.0553. The van der Waals surface area contributed by atoms with Crippen molar-refractivity contribution < 1.29 is 105 Å². The second-order valence-electron chi connectivity index (χ2n) is 19.6. The van der Waals surface area contributed by atoms with Crippen molar-refractivity contribution in [3.8, 4) is 0 Å². The smallest absolute Gasteiger partial charge is 0.339 e. The average Bonchev–Trinajstić information content (AvgIpc) is 3.61. The molecule has 0 amide bonds. The predicted molar refractivity (Wildman–Crippen MR) is 227 cm³/mol. The van der Waals surface area contributed by atoms with Crippen molar-refractivity contribution in [1.29, 1.82) is 0 Å². The van der Waals surface area contributed by atoms with Gasteiger partial charge in [-0.3, -0.25) is 33.6 Å². The van der Waals surface area contributed by atoms with Crippen molar-refractivity contribution in [2.24, 2.45) is 40.4 Å². The fourth-order valence-electron chi connectivity index (χ4n) is 12.9. The lowest BCUT2D eigenvalue weighted by Gasteiger charge is -2.62. The lowest BCUT2D eigenvalue weighted by Crippen LogP contribution is -2.64. The Morgan fingerprint density at radius 3 is 1.52 bits per heavy atom. The maximum absolute atomic E-state index is 14.3. The van der Waals surface area contributed by atoms with Crippen LogP contribution in [0.1, 0.15) is 107 Å². The van der Waals surface area contributed by atoms with Gasteiger partial charge in [-0.15, -0.1) is 0 Å². The normalized spacial score (nSPS) is 40.2. The molecular weight excluding hydrogens is 916 g/mol. The van der Waals surface area contributed by atoms with Crippen molar-refractivity contribution in [3.63, 3.8) is 0 Å². The van der Waals surface area contributed by atoms with Gasteiger partial charge in [-0.1, -0.05) is 13.8 Å². The maximum atomic E-state index is 14.3. The first-order valence-corrected chi connectivity index (χ1v) is 23.4. The molecule has 1 N–H and O–H groups in total. The second kappa shape index (κ2) is 21.7. The van der Waals surface area contributed by atoms with Gasteiger partial charge in [-0.2, -0.15) is 0 Å². The number of esters is 8. The van der Waals surface area contributed by atoms with Gasteiger partial charge in [-0.05, 0) is 85.9 Å². The first-order valence-electron chi connectivity index (χ1n) is 23.4. The summed E-state index contributed by atoms with van der Waals surface area (Å²) < 4.78 is 67.0. The number of Topliss-reactive ketones (excluding diaryl/α,β-unsaturated/α-hetero) is 1. The van der Waals surface area contributed by atoms with Crippen molar-refractivity contribution in [2.75, 3.05) is 20.8 Å². The molecule has 0 unspecified atom stereocenters. The minimum atomic E-state index is -1.69. The molecule has 0 radical (unpaired) electrons. The molecule has 4 saturated carbocycles. The molecule has 6 rings (SSSR count). The number of ether oxygens (including phenoxy) is 12. The average molecular weight is 983 g/mol. The third-order valence-electron chi connectivity index (χ3n) is 15.3. The molecule has 2 heterocycles. The minimum Gasteiger partial charge on any atom is -0.467 e. The molecule has 2 saturated heterocycles. The summed E-state index contributed by atoms with van der Waals surface area (Å²) in [4.78, 5) is 114. The van der Waals surface area contributed by atoms with Crippen molar-refractivity contribution in [1.82, 2.24) is 0 Å². The van der Waals surface area contributed by atoms with Crippen molar-refractivity contribution in [3.05, 3.63) is 0 Å². The Kier molecular flexibility index (Phi) is 16.8. The zero-order valence-electron chi connectivity index (χ0n) is 40.7. The van der Waals surface area contributed by atoms with Crippen LogP contribution in [0.15, 0.2) is 0 Å². The lowest BCUT2D eigenvalue weighted by molar-refractivity contribution is -0.315. The summed E-state index contributed by atoms with van der Waals surface area (Å²) in [5.74, 6) is -7.70. The number of hydrogen-bond acceptors (Lipinski definition) is 22. The molecule has 0 aromatic carbocycles. The highest BCUT2D eigenvalue weighted by molar-refractivity contribution is 5.83. The van der Waals surface area contributed by atoms with E-state index in [9.17, 15) is 48.3 Å². The molecule has 4 aliphatic carbocycles. The zero-order valence-corrected chi connectivity index (χ0v) is 40.7. The number of carbonyl (C=O) groups is 9. The van der Waals surface area contributed by atoms with Crippen LogP contribution in [0, 0.1) is 40.4 Å². The van der Waals surface area contributed by atoms with Gasteiger partial charge >= 0.3 is 47.8 Å². The highest BCUT2D eigenvalue weighted by Gasteiger charge is 2.65. The standard InChI is InChI=1S/C47H66O22/c1-20(48)61-34-36(63-22(3)50)40(65-24(5)52)44(68-38(34)42(56)58-9)60-19-32(55)30-14-13-29-28-12-11-26-17-27(15-16-46(26,7)33(28)31(54)18-47(29,30)8)67-45-41(66-25(6)53)37(64-23(4)51)35(62-21(2)49)39(69-45)43(57)59-10/h26-31,33-41,44-45,54H,11-19H2,1-10H3/t26-,27-,28-,29+,30-,31-,33+,34-,35+,36-,37+,38+,39-,40+,41-,44+,45-,46-,47-/m1/s1. The molecule has 6 aliphatic rings. The predicted octanol–water partition coefficient (Wildman–Crippen LogP) is 1.97. The summed E-state index contributed by atoms with van der Waals surface area (Å²) in [6, 6.07) is 0. The van der Waals surface area contributed by atoms with E-state index in [0.29, 0.717) is 38.5 Å². The Labute approximate surface area is 399 Å². The molecule has 69 heavy (non-hydrogen) atoms. The summed E-state index contributed by atoms with van der Waals surface area (Å²) >= 11 is 0. The van der Waals surface area contributed by atoms with Gasteiger partial charge in [0.25, 0.3) is 0 Å². The SMILES string of the molecule is COC(=O)[C@H]1O[C@H](OCC(=O)[C@H]2CC[C@H]3[C@H]4CC[C@@H]5C[C@H](O[C@@H]6O[C@@H](C(=O)OC)[C@@H](OC(C)=O)[C@H](OC(C)=O)[C@H]6OC(C)=O)CC[C@@]5(C)[C@@H]4[C@H](O)C[C@@]23C)[C@@H](OC(C)=O)[C@H](OC(C)=O)[C@H]1OC(C)=O. The van der Waals surface area contributed by atoms with E-state index in [4.69, 9.17) is 56.8 Å². The van der Waals surface area contributed by atoms with Gasteiger partial charge in [0, 0.05) is 47.5 Å². The topological polar surface area (TPSA) is 285 Å². The first-order chi connectivity index (χ1) is 32.4. The number of aliphatic hydroxyl groups excluding tert-OH is 1. The number of hydrogen-bond donors (Lipinski definition) is 1. The number of methoxy groups -OCH3 is 2. The van der Waals surface area contributed by atoms with Crippen molar-refractivity contribution >= 4 is 53.5 Å². The number of rotatable bonds is 14. The summed E-state index contributed by atoms with van der Waals surface area (Å²) in [5.41, 5.74) is -0.986. The molecule has 0 aromatic rings. The van der Waals surface area contributed by atoms with Crippen LogP contribution < -0.4 is 0 Å². The molecule has 2 aliphatic heterocycles. The van der Waals surface area contributed by atoms with Gasteiger partial charge in [0.2, 0.25) is 0 Å². The quantitative estimate of drug-likeness (QED) is 0.148. The van der Waals surface area contributed by atoms with Crippen LogP contribution in [0.5, 0.6) is 0 Å². The first kappa shape index (κ1) is 53.6. The Hall–Kier alpha value is -4.77. The van der Waals surface area contributed by atoms with Gasteiger partial charge in [-0.25, -0.2) is 9.59 Å². The Morgan fingerprint density at radius 1 is 0.565 bits per heavy atom. The van der Waals surface area contributed by atoms with Gasteiger partial charge in [0.15, 0.2) is 67.2 Å². The van der Waals surface area contributed by atoms with Crippen LogP contribution >= 0.6 is 0 Å². The maximum Gasteiger partial charge on any atom is 0.339 e. The number of aliphatic hydroxyl groups is 1. The molecular formula is C47H66O22. The Balaban J connectivity index is 1.16. The Morgan fingerprint density at radius 2 is 1.03 bits per heavy atom. The second-order valence-corrected chi connectivity index (χ2v) is 19.6. The summed E-state index contributed by atoms with van der Waals surface area (Å²) in [7, 11) is 2.18. The van der Waals surface area contributed by atoms with E-state index < -0.39 is 139 Å². The highest BCUT2D eigenvalue weighted by atomic mass is 16.8. The van der Waals surface area contributed by atoms with Crippen LogP contribution in [0.3, 0.4) is 0 Å². The van der Waals surface area contributed by atoms with E-state index in [1.807, 2.05) is 6.92 Å². The van der Waals surface area contributed by atoms with Crippen LogP contribution in [0.4, 0.5) is 0 Å². The van der Waals surface area contributed by atoms with E-state index in [1.54, 1.807) is 0 Å². The fraction of sp³-hybridized carbons (Fsp3) is 0.809. The van der Waals surface area contributed by atoms with E-state index in [0.717, 1.165) is 68.6 Å². The summed E-state index contributed by atoms with van der Waals surface area (Å²) in [6.45, 7) is 10.2. The summed E-state index contributed by atoms with van der Waals surface area (Å²) in [5, 5.41) is 12.3. The highest BCUT2D eigenvalue weighted by Crippen LogP contribution is 2.67. The zero-order chi connectivity index (χ0) is 50.9. The third-order valence-corrected chi connectivity index (χ3v) is 15.3. The van der Waals surface area contributed by atoms with Crippen LogP contribution in [-0.4, -0.2) is 153 Å². The lowest BCUT2D eigenvalue weighted by atomic mass is 9.44. The summed E-state index contributed by atoms with van der Waals surface area (Å²) in [6.07, 6.45) is -12.1. The largest absolute Gasteiger partial charge is 0.467 e. The molecule has 19 atom stereocenters. The molecule has 386 valence electrons. The monoisotopic (exact) mass is 982 g/mol. The molecule has 0 bridgehead atoms. The van der Waals surface area contributed by atoms with Crippen LogP contribution in [0.25, 0.3) is 0 Å². The van der Waals surface area contributed by atoms with Crippen LogP contribution in [-0.2, 0) is 100.0 Å². The third kappa shape index (κ3) is 11.2. The van der Waals surface area contributed by atoms with E-state index in [-0.39, 0.29) is 34.9 Å². The van der Waals surface area contributed by atoms with E-state index in [1.165, 1.54) is 0 Å². The van der Waals surface area contributed by atoms with Gasteiger partial charge < -0.3 is 61.9 Å². The fourth-order valence-corrected chi connectivity index (χ4v) is 12.9. The molecule has 22 heteroatoms. The molecule has 6 fully saturated rings. The number of ketones is 1. The molecule has 22 nitrogen and oxygen atoms in total. The number of fused-ring (bicyclic) bond motifs is 5. The molecule has 0 spiro atoms. The molecule has 0 aromatic heterocycles. The van der Waals surface area contributed by atoms with Gasteiger partial charge in [0.1, 0.15) is 6.61 Å². The van der Waals surface area contributed by atoms with E-state index >= 15 is 0 Å². The van der Waals surface area contributed by atoms with Crippen LogP contribution in [0.2, 0.25) is 0 Å².